The summed E-state index contributed by atoms with van der Waals surface area (Å²) in [6.45, 7) is 6.33. The van der Waals surface area contributed by atoms with Crippen LogP contribution < -0.4 is 0 Å². The molecule has 0 N–H and O–H groups in total. The molecule has 8 heteroatoms. The summed E-state index contributed by atoms with van der Waals surface area (Å²) in [6.07, 6.45) is 13.6. The van der Waals surface area contributed by atoms with Gasteiger partial charge >= 0.3 is 0 Å². The van der Waals surface area contributed by atoms with Crippen LogP contribution in [0, 0.1) is 11.8 Å². The van der Waals surface area contributed by atoms with Crippen molar-refractivity contribution < 1.29 is 9.59 Å². The molecule has 0 atom stereocenters. The van der Waals surface area contributed by atoms with E-state index in [1.807, 2.05) is 24.8 Å². The van der Waals surface area contributed by atoms with E-state index in [0.29, 0.717) is 33.6 Å². The summed E-state index contributed by atoms with van der Waals surface area (Å²) in [7, 11) is 8.53. The molecular weight excluding hydrogens is 548 g/mol. The van der Waals surface area contributed by atoms with Crippen molar-refractivity contribution >= 4 is 35.6 Å². The minimum Gasteiger partial charge on any atom is -0.363 e. The largest absolute Gasteiger partial charge is 0.363 e. The SMILES string of the molecule is CN(C)CCCC1CCN(C=Nc2ccc3c(c2)C(=O)c2ccc(N=CN4CCC(CCCN(C)C)CC4)cc2C3=O)CC1. The summed E-state index contributed by atoms with van der Waals surface area (Å²) in [6, 6.07) is 10.7. The van der Waals surface area contributed by atoms with Crippen molar-refractivity contribution in [1.82, 2.24) is 19.6 Å². The van der Waals surface area contributed by atoms with Crippen LogP contribution in [0.15, 0.2) is 46.4 Å². The van der Waals surface area contributed by atoms with Gasteiger partial charge in [-0.25, -0.2) is 9.98 Å². The van der Waals surface area contributed by atoms with E-state index in [1.54, 1.807) is 24.3 Å². The van der Waals surface area contributed by atoms with Crippen molar-refractivity contribution in [3.8, 4) is 0 Å². The molecule has 0 amide bonds. The van der Waals surface area contributed by atoms with Crippen LogP contribution in [0.2, 0.25) is 0 Å². The molecule has 236 valence electrons. The van der Waals surface area contributed by atoms with E-state index in [0.717, 1.165) is 51.1 Å². The number of hydrogen-bond acceptors (Lipinski definition) is 6. The van der Waals surface area contributed by atoms with E-state index >= 15 is 0 Å². The van der Waals surface area contributed by atoms with Crippen molar-refractivity contribution in [2.24, 2.45) is 21.8 Å². The van der Waals surface area contributed by atoms with Gasteiger partial charge in [-0.2, -0.15) is 0 Å². The molecule has 2 fully saturated rings. The number of likely N-dealkylation sites (tertiary alicyclic amines) is 2. The Hall–Kier alpha value is -3.36. The number of nitrogens with zero attached hydrogens (tertiary/aromatic N) is 6. The summed E-state index contributed by atoms with van der Waals surface area (Å²) < 4.78 is 0. The number of carbonyl (C=O) groups is 2. The molecule has 0 unspecified atom stereocenters. The molecular formula is C36H50N6O2. The molecule has 0 aromatic heterocycles. The first-order valence-electron chi connectivity index (χ1n) is 16.5. The predicted molar refractivity (Wildman–Crippen MR) is 180 cm³/mol. The topological polar surface area (TPSA) is 71.8 Å². The molecule has 1 aliphatic carbocycles. The van der Waals surface area contributed by atoms with Gasteiger partial charge in [0.25, 0.3) is 0 Å². The molecule has 2 heterocycles. The molecule has 5 rings (SSSR count). The minimum absolute atomic E-state index is 0.128. The number of benzene rings is 2. The average Bonchev–Trinajstić information content (AvgIpc) is 3.02. The van der Waals surface area contributed by atoms with E-state index in [2.05, 4.69) is 57.8 Å². The number of piperidine rings is 2. The molecule has 2 saturated heterocycles. The number of hydrogen-bond donors (Lipinski definition) is 0. The smallest absolute Gasteiger partial charge is 0.194 e. The van der Waals surface area contributed by atoms with Crippen molar-refractivity contribution in [3.63, 3.8) is 0 Å². The monoisotopic (exact) mass is 598 g/mol. The second-order valence-electron chi connectivity index (χ2n) is 13.5. The number of fused-ring (bicyclic) bond motifs is 2. The maximum absolute atomic E-state index is 13.5. The molecule has 44 heavy (non-hydrogen) atoms. The molecule has 0 radical (unpaired) electrons. The van der Waals surface area contributed by atoms with Gasteiger partial charge in [-0.05, 0) is 141 Å². The van der Waals surface area contributed by atoms with Crippen LogP contribution in [-0.4, -0.2) is 111 Å². The van der Waals surface area contributed by atoms with Gasteiger partial charge in [0.05, 0.1) is 24.1 Å². The first kappa shape index (κ1) is 32.0. The van der Waals surface area contributed by atoms with E-state index in [4.69, 9.17) is 0 Å². The van der Waals surface area contributed by atoms with Crippen LogP contribution in [0.3, 0.4) is 0 Å². The lowest BCUT2D eigenvalue weighted by Crippen LogP contribution is -2.32. The highest BCUT2D eigenvalue weighted by Gasteiger charge is 2.30. The third-order valence-corrected chi connectivity index (χ3v) is 9.46. The highest BCUT2D eigenvalue weighted by molar-refractivity contribution is 6.28. The van der Waals surface area contributed by atoms with Crippen molar-refractivity contribution in [3.05, 3.63) is 58.7 Å². The zero-order chi connectivity index (χ0) is 31.1. The Bertz CT molecular complexity index is 1250. The Morgan fingerprint density at radius 1 is 0.636 bits per heavy atom. The lowest BCUT2D eigenvalue weighted by molar-refractivity contribution is 0.0979. The Labute approximate surface area is 263 Å². The molecule has 3 aliphatic rings. The van der Waals surface area contributed by atoms with Crippen LogP contribution in [0.4, 0.5) is 11.4 Å². The van der Waals surface area contributed by atoms with Gasteiger partial charge in [-0.15, -0.1) is 0 Å². The van der Waals surface area contributed by atoms with Gasteiger partial charge in [0.1, 0.15) is 0 Å². The van der Waals surface area contributed by atoms with Gasteiger partial charge in [-0.1, -0.05) is 0 Å². The Morgan fingerprint density at radius 2 is 1.02 bits per heavy atom. The molecule has 0 saturated carbocycles. The Kier molecular flexibility index (Phi) is 11.0. The van der Waals surface area contributed by atoms with E-state index < -0.39 is 0 Å². The average molecular weight is 599 g/mol. The molecule has 8 nitrogen and oxygen atoms in total. The molecule has 0 bridgehead atoms. The van der Waals surface area contributed by atoms with Gasteiger partial charge in [0.15, 0.2) is 11.6 Å². The summed E-state index contributed by atoms with van der Waals surface area (Å²) in [5.41, 5.74) is 3.14. The molecule has 0 spiro atoms. The third-order valence-electron chi connectivity index (χ3n) is 9.46. The summed E-state index contributed by atoms with van der Waals surface area (Å²) >= 11 is 0. The van der Waals surface area contributed by atoms with E-state index in [1.165, 1.54) is 51.4 Å². The van der Waals surface area contributed by atoms with Gasteiger partial charge in [0.2, 0.25) is 0 Å². The van der Waals surface area contributed by atoms with Gasteiger partial charge in [0, 0.05) is 48.4 Å². The zero-order valence-electron chi connectivity index (χ0n) is 27.2. The van der Waals surface area contributed by atoms with Crippen LogP contribution in [-0.2, 0) is 0 Å². The normalized spacial score (nSPS) is 18.3. The zero-order valence-corrected chi connectivity index (χ0v) is 27.2. The number of carbonyl (C=O) groups excluding carboxylic acids is 2. The van der Waals surface area contributed by atoms with Crippen LogP contribution in [0.25, 0.3) is 0 Å². The van der Waals surface area contributed by atoms with Gasteiger partial charge < -0.3 is 19.6 Å². The van der Waals surface area contributed by atoms with Crippen molar-refractivity contribution in [2.45, 2.75) is 51.4 Å². The number of ketones is 2. The second kappa shape index (κ2) is 15.1. The lowest BCUT2D eigenvalue weighted by atomic mass is 9.83. The third kappa shape index (κ3) is 8.42. The first-order chi connectivity index (χ1) is 21.3. The van der Waals surface area contributed by atoms with Crippen LogP contribution in [0.5, 0.6) is 0 Å². The highest BCUT2D eigenvalue weighted by atomic mass is 16.1. The van der Waals surface area contributed by atoms with Crippen LogP contribution >= 0.6 is 0 Å². The summed E-state index contributed by atoms with van der Waals surface area (Å²) in [4.78, 5) is 45.3. The van der Waals surface area contributed by atoms with E-state index in [9.17, 15) is 9.59 Å². The Morgan fingerprint density at radius 3 is 1.39 bits per heavy atom. The number of aliphatic imine (C=N–C) groups is 2. The highest BCUT2D eigenvalue weighted by Crippen LogP contribution is 2.32. The Balaban J connectivity index is 1.16. The molecule has 2 aromatic carbocycles. The van der Waals surface area contributed by atoms with Gasteiger partial charge in [-0.3, -0.25) is 9.59 Å². The van der Waals surface area contributed by atoms with Crippen molar-refractivity contribution in [2.75, 3.05) is 67.5 Å². The predicted octanol–water partition coefficient (Wildman–Crippen LogP) is 5.89. The maximum atomic E-state index is 13.5. The fourth-order valence-electron chi connectivity index (χ4n) is 6.69. The van der Waals surface area contributed by atoms with Crippen LogP contribution in [0.1, 0.15) is 83.2 Å². The quantitative estimate of drug-likeness (QED) is 0.191. The summed E-state index contributed by atoms with van der Waals surface area (Å²) in [5, 5.41) is 0. The summed E-state index contributed by atoms with van der Waals surface area (Å²) in [5.74, 6) is 1.33. The molecule has 2 aromatic rings. The lowest BCUT2D eigenvalue weighted by Gasteiger charge is -2.30. The maximum Gasteiger partial charge on any atom is 0.194 e. The second-order valence-corrected chi connectivity index (χ2v) is 13.5. The molecule has 2 aliphatic heterocycles. The number of rotatable bonds is 12. The fourth-order valence-corrected chi connectivity index (χ4v) is 6.69. The first-order valence-corrected chi connectivity index (χ1v) is 16.5. The fraction of sp³-hybridized carbons (Fsp3) is 0.556. The van der Waals surface area contributed by atoms with E-state index in [-0.39, 0.29) is 11.6 Å². The van der Waals surface area contributed by atoms with Crippen molar-refractivity contribution in [1.29, 1.82) is 0 Å². The minimum atomic E-state index is -0.128. The standard InChI is InChI=1S/C36H50N6O2/c1-39(2)17-5-7-27-13-19-41(20-14-27)25-37-29-9-11-31-33(23-29)35(43)32-12-10-30(24-34(32)36(31)44)38-26-42-21-15-28(16-22-42)8-6-18-40(3)4/h9-12,23-28H,5-8,13-22H2,1-4H3.